The van der Waals surface area contributed by atoms with Gasteiger partial charge in [-0.15, -0.1) is 0 Å². The number of rotatable bonds is 2. The Morgan fingerprint density at radius 3 is 2.95 bits per heavy atom. The largest absolute Gasteiger partial charge is 0.342 e. The molecule has 2 heterocycles. The standard InChI is InChI=1S/C17H19N3O2/c1-12(21)20-10-14-8-5-9-17(14,11-20)16-18-15(19-22-16)13-6-3-2-4-7-13/h2-4,6-7,14H,5,8-11H2,1H3/t14-,17-/m1/s1. The smallest absolute Gasteiger partial charge is 0.235 e. The molecule has 0 N–H and O–H groups in total. The van der Waals surface area contributed by atoms with Gasteiger partial charge < -0.3 is 9.42 Å². The van der Waals surface area contributed by atoms with Crippen molar-refractivity contribution >= 4 is 5.91 Å². The van der Waals surface area contributed by atoms with Crippen LogP contribution in [0.5, 0.6) is 0 Å². The number of aromatic nitrogens is 2. The Labute approximate surface area is 129 Å². The molecule has 5 nitrogen and oxygen atoms in total. The number of hydrogen-bond acceptors (Lipinski definition) is 4. The second-order valence-corrected chi connectivity index (χ2v) is 6.43. The zero-order valence-corrected chi connectivity index (χ0v) is 12.7. The monoisotopic (exact) mass is 297 g/mol. The van der Waals surface area contributed by atoms with Crippen molar-refractivity contribution in [3.8, 4) is 11.4 Å². The Morgan fingerprint density at radius 1 is 1.36 bits per heavy atom. The molecule has 1 saturated heterocycles. The van der Waals surface area contributed by atoms with Crippen LogP contribution in [0.4, 0.5) is 0 Å². The first-order valence-corrected chi connectivity index (χ1v) is 7.84. The van der Waals surface area contributed by atoms with Gasteiger partial charge in [-0.2, -0.15) is 4.98 Å². The summed E-state index contributed by atoms with van der Waals surface area (Å²) in [6.45, 7) is 3.17. The van der Waals surface area contributed by atoms with E-state index in [2.05, 4.69) is 10.1 Å². The van der Waals surface area contributed by atoms with Gasteiger partial charge in [-0.25, -0.2) is 0 Å². The molecule has 1 aromatic carbocycles. The molecule has 114 valence electrons. The Hall–Kier alpha value is -2.17. The second kappa shape index (κ2) is 4.93. The highest BCUT2D eigenvalue weighted by atomic mass is 16.5. The topological polar surface area (TPSA) is 59.2 Å². The van der Waals surface area contributed by atoms with Crippen LogP contribution < -0.4 is 0 Å². The summed E-state index contributed by atoms with van der Waals surface area (Å²) >= 11 is 0. The molecule has 5 heteroatoms. The summed E-state index contributed by atoms with van der Waals surface area (Å²) in [6, 6.07) is 9.87. The van der Waals surface area contributed by atoms with E-state index in [1.54, 1.807) is 6.92 Å². The molecule has 2 aliphatic rings. The van der Waals surface area contributed by atoms with Crippen molar-refractivity contribution in [3.63, 3.8) is 0 Å². The molecule has 0 unspecified atom stereocenters. The number of likely N-dealkylation sites (tertiary alicyclic amines) is 1. The lowest BCUT2D eigenvalue weighted by Crippen LogP contribution is -2.33. The van der Waals surface area contributed by atoms with E-state index in [-0.39, 0.29) is 11.3 Å². The summed E-state index contributed by atoms with van der Waals surface area (Å²) in [4.78, 5) is 18.3. The Bertz CT molecular complexity index is 697. The van der Waals surface area contributed by atoms with Gasteiger partial charge in [-0.05, 0) is 18.8 Å². The lowest BCUT2D eigenvalue weighted by atomic mass is 9.80. The minimum absolute atomic E-state index is 0.133. The first kappa shape index (κ1) is 13.5. The molecule has 4 rings (SSSR count). The second-order valence-electron chi connectivity index (χ2n) is 6.43. The summed E-state index contributed by atoms with van der Waals surface area (Å²) in [5, 5.41) is 4.17. The van der Waals surface area contributed by atoms with Crippen molar-refractivity contribution in [1.82, 2.24) is 15.0 Å². The molecule has 1 saturated carbocycles. The number of carbonyl (C=O) groups is 1. The lowest BCUT2D eigenvalue weighted by Gasteiger charge is -2.23. The number of hydrogen-bond donors (Lipinski definition) is 0. The predicted octanol–water partition coefficient (Wildman–Crippen LogP) is 2.64. The molecule has 1 aliphatic heterocycles. The Kier molecular flexibility index (Phi) is 3.03. The number of carbonyl (C=O) groups excluding carboxylic acids is 1. The van der Waals surface area contributed by atoms with Crippen LogP contribution in [0.15, 0.2) is 34.9 Å². The molecule has 0 spiro atoms. The highest BCUT2D eigenvalue weighted by Gasteiger charge is 2.54. The van der Waals surface area contributed by atoms with Crippen LogP contribution in [0.1, 0.15) is 32.1 Å². The SMILES string of the molecule is CC(=O)N1C[C@H]2CCC[C@@]2(c2nc(-c3ccccc3)no2)C1. The van der Waals surface area contributed by atoms with Crippen LogP contribution in [0.3, 0.4) is 0 Å². The highest BCUT2D eigenvalue weighted by Crippen LogP contribution is 2.50. The van der Waals surface area contributed by atoms with Gasteiger partial charge in [-0.3, -0.25) is 4.79 Å². The van der Waals surface area contributed by atoms with Crippen LogP contribution in [0, 0.1) is 5.92 Å². The lowest BCUT2D eigenvalue weighted by molar-refractivity contribution is -0.128. The van der Waals surface area contributed by atoms with Crippen molar-refractivity contribution in [2.24, 2.45) is 5.92 Å². The average molecular weight is 297 g/mol. The van der Waals surface area contributed by atoms with E-state index in [1.165, 1.54) is 6.42 Å². The van der Waals surface area contributed by atoms with E-state index in [0.29, 0.717) is 24.2 Å². The van der Waals surface area contributed by atoms with Crippen LogP contribution in [0.25, 0.3) is 11.4 Å². The Morgan fingerprint density at radius 2 is 2.18 bits per heavy atom. The van der Waals surface area contributed by atoms with E-state index in [1.807, 2.05) is 35.2 Å². The summed E-state index contributed by atoms with van der Waals surface area (Å²) in [7, 11) is 0. The van der Waals surface area contributed by atoms with Crippen molar-refractivity contribution in [2.45, 2.75) is 31.6 Å². The Balaban J connectivity index is 1.69. The molecule has 0 radical (unpaired) electrons. The van der Waals surface area contributed by atoms with Gasteiger partial charge in [0.1, 0.15) is 0 Å². The van der Waals surface area contributed by atoms with Crippen LogP contribution in [0.2, 0.25) is 0 Å². The van der Waals surface area contributed by atoms with Gasteiger partial charge in [0.25, 0.3) is 0 Å². The third-order valence-electron chi connectivity index (χ3n) is 5.20. The fourth-order valence-corrected chi connectivity index (χ4v) is 4.01. The van der Waals surface area contributed by atoms with Crippen LogP contribution in [-0.2, 0) is 10.2 Å². The molecule has 2 atom stereocenters. The van der Waals surface area contributed by atoms with Gasteiger partial charge in [-0.1, -0.05) is 41.9 Å². The maximum atomic E-state index is 11.7. The van der Waals surface area contributed by atoms with E-state index >= 15 is 0 Å². The van der Waals surface area contributed by atoms with Gasteiger partial charge in [0.05, 0.1) is 5.41 Å². The molecule has 1 amide bonds. The molecular formula is C17H19N3O2. The van der Waals surface area contributed by atoms with Gasteiger partial charge in [0, 0.05) is 25.6 Å². The minimum Gasteiger partial charge on any atom is -0.342 e. The number of nitrogens with zero attached hydrogens (tertiary/aromatic N) is 3. The van der Waals surface area contributed by atoms with Crippen molar-refractivity contribution in [1.29, 1.82) is 0 Å². The molecule has 2 fully saturated rings. The molecular weight excluding hydrogens is 278 g/mol. The molecule has 1 aromatic heterocycles. The first-order valence-electron chi connectivity index (χ1n) is 7.84. The van der Waals surface area contributed by atoms with Gasteiger partial charge in [0.15, 0.2) is 0 Å². The predicted molar refractivity (Wildman–Crippen MR) is 81.0 cm³/mol. The number of amides is 1. The van der Waals surface area contributed by atoms with Crippen LogP contribution >= 0.6 is 0 Å². The fourth-order valence-electron chi connectivity index (χ4n) is 4.01. The zero-order chi connectivity index (χ0) is 15.2. The van der Waals surface area contributed by atoms with E-state index in [0.717, 1.165) is 24.9 Å². The third kappa shape index (κ3) is 1.95. The average Bonchev–Trinajstić information content (AvgIpc) is 3.21. The number of fused-ring (bicyclic) bond motifs is 1. The highest BCUT2D eigenvalue weighted by molar-refractivity contribution is 5.74. The summed E-state index contributed by atoms with van der Waals surface area (Å²) in [6.07, 6.45) is 3.32. The molecule has 0 bridgehead atoms. The fraction of sp³-hybridized carbons (Fsp3) is 0.471. The quantitative estimate of drug-likeness (QED) is 0.855. The molecule has 22 heavy (non-hydrogen) atoms. The zero-order valence-electron chi connectivity index (χ0n) is 12.7. The van der Waals surface area contributed by atoms with E-state index in [9.17, 15) is 4.79 Å². The summed E-state index contributed by atoms with van der Waals surface area (Å²) < 4.78 is 5.64. The van der Waals surface area contributed by atoms with Gasteiger partial charge in [0.2, 0.25) is 17.6 Å². The van der Waals surface area contributed by atoms with Crippen molar-refractivity contribution < 1.29 is 9.32 Å². The number of benzene rings is 1. The van der Waals surface area contributed by atoms with Gasteiger partial charge >= 0.3 is 0 Å². The van der Waals surface area contributed by atoms with Crippen molar-refractivity contribution in [3.05, 3.63) is 36.2 Å². The van der Waals surface area contributed by atoms with Crippen molar-refractivity contribution in [2.75, 3.05) is 13.1 Å². The third-order valence-corrected chi connectivity index (χ3v) is 5.20. The first-order chi connectivity index (χ1) is 10.7. The summed E-state index contributed by atoms with van der Waals surface area (Å²) in [5.41, 5.74) is 0.830. The normalized spacial score (nSPS) is 27.1. The maximum Gasteiger partial charge on any atom is 0.235 e. The molecule has 1 aliphatic carbocycles. The minimum atomic E-state index is -0.133. The molecule has 2 aromatic rings. The maximum absolute atomic E-state index is 11.7. The summed E-state index contributed by atoms with van der Waals surface area (Å²) in [5.74, 6) is 1.92. The van der Waals surface area contributed by atoms with E-state index in [4.69, 9.17) is 4.52 Å². The van der Waals surface area contributed by atoms with Crippen LogP contribution in [-0.4, -0.2) is 34.0 Å². The van der Waals surface area contributed by atoms with E-state index < -0.39 is 0 Å².